The van der Waals surface area contributed by atoms with Gasteiger partial charge in [0.25, 0.3) is 5.88 Å². The third-order valence-electron chi connectivity index (χ3n) is 4.59. The minimum atomic E-state index is -0.280. The van der Waals surface area contributed by atoms with Gasteiger partial charge in [0.05, 0.1) is 24.1 Å². The molecule has 0 aliphatic heterocycles. The lowest BCUT2D eigenvalue weighted by Crippen LogP contribution is -2.05. The largest absolute Gasteiger partial charge is 0.493 e. The van der Waals surface area contributed by atoms with E-state index in [4.69, 9.17) is 30.3 Å². The summed E-state index contributed by atoms with van der Waals surface area (Å²) in [6.07, 6.45) is 2.97. The molecule has 0 saturated heterocycles. The van der Waals surface area contributed by atoms with Gasteiger partial charge in [-0.05, 0) is 42.3 Å². The van der Waals surface area contributed by atoms with E-state index in [1.807, 2.05) is 18.2 Å². The molecular formula is C23H26ClNO5S. The zero-order valence-corrected chi connectivity index (χ0v) is 19.5. The normalized spacial score (nSPS) is 11.0. The van der Waals surface area contributed by atoms with Gasteiger partial charge in [0.2, 0.25) is 0 Å². The van der Waals surface area contributed by atoms with Gasteiger partial charge in [-0.1, -0.05) is 31.9 Å². The Bertz CT molecular complexity index is 1040. The van der Waals surface area contributed by atoms with Crippen molar-refractivity contribution in [1.82, 2.24) is 5.16 Å². The second-order valence-electron chi connectivity index (χ2n) is 6.83. The number of ether oxygens (including phenoxy) is 3. The number of hydrogen-bond donors (Lipinski definition) is 0. The van der Waals surface area contributed by atoms with Gasteiger partial charge < -0.3 is 18.7 Å². The van der Waals surface area contributed by atoms with E-state index in [-0.39, 0.29) is 5.97 Å². The first kappa shape index (κ1) is 23.3. The van der Waals surface area contributed by atoms with E-state index in [9.17, 15) is 4.79 Å². The number of carbonyl (C=O) groups excluding carboxylic acids is 1. The summed E-state index contributed by atoms with van der Waals surface area (Å²) in [7, 11) is 1.58. The van der Waals surface area contributed by atoms with Crippen molar-refractivity contribution < 1.29 is 23.5 Å². The number of benzene rings is 2. The lowest BCUT2D eigenvalue weighted by molar-refractivity contribution is -0.134. The number of carbonyl (C=O) groups is 1. The van der Waals surface area contributed by atoms with E-state index in [1.54, 1.807) is 37.9 Å². The summed E-state index contributed by atoms with van der Waals surface area (Å²) in [4.78, 5) is 12.3. The highest BCUT2D eigenvalue weighted by molar-refractivity contribution is 7.99. The van der Waals surface area contributed by atoms with Crippen LogP contribution < -0.4 is 14.2 Å². The highest BCUT2D eigenvalue weighted by atomic mass is 35.5. The molecule has 2 aromatic carbocycles. The Labute approximate surface area is 191 Å². The molecule has 0 N–H and O–H groups in total. The van der Waals surface area contributed by atoms with Gasteiger partial charge in [-0.15, -0.1) is 11.8 Å². The van der Waals surface area contributed by atoms with E-state index in [1.165, 1.54) is 0 Å². The van der Waals surface area contributed by atoms with Crippen LogP contribution in [0.15, 0.2) is 39.8 Å². The Morgan fingerprint density at radius 1 is 1.23 bits per heavy atom. The molecule has 1 heterocycles. The fourth-order valence-corrected chi connectivity index (χ4v) is 4.25. The van der Waals surface area contributed by atoms with Crippen molar-refractivity contribution in [2.24, 2.45) is 0 Å². The van der Waals surface area contributed by atoms with Crippen LogP contribution in [-0.2, 0) is 11.2 Å². The van der Waals surface area contributed by atoms with Gasteiger partial charge in [0, 0.05) is 28.7 Å². The van der Waals surface area contributed by atoms with E-state index in [0.717, 1.165) is 52.2 Å². The smallest absolute Gasteiger partial charge is 0.310 e. The van der Waals surface area contributed by atoms with Crippen molar-refractivity contribution in [3.05, 3.63) is 40.9 Å². The number of esters is 1. The molecule has 0 saturated carbocycles. The van der Waals surface area contributed by atoms with Crippen molar-refractivity contribution in [1.29, 1.82) is 0 Å². The quantitative estimate of drug-likeness (QED) is 0.142. The summed E-state index contributed by atoms with van der Waals surface area (Å²) in [5.74, 6) is 2.33. The van der Waals surface area contributed by atoms with Crippen molar-refractivity contribution in [2.75, 3.05) is 19.5 Å². The lowest BCUT2D eigenvalue weighted by atomic mass is 10.1. The minimum Gasteiger partial charge on any atom is -0.493 e. The Morgan fingerprint density at radius 2 is 2.06 bits per heavy atom. The monoisotopic (exact) mass is 463 g/mol. The maximum atomic E-state index is 11.4. The molecule has 0 unspecified atom stereocenters. The molecule has 8 heteroatoms. The van der Waals surface area contributed by atoms with Crippen LogP contribution in [0, 0.1) is 0 Å². The average molecular weight is 464 g/mol. The van der Waals surface area contributed by atoms with E-state index in [0.29, 0.717) is 29.7 Å². The van der Waals surface area contributed by atoms with Crippen molar-refractivity contribution in [2.45, 2.75) is 44.4 Å². The standard InChI is InChI=1S/C23H26ClNO5S/c1-4-7-16-19(10-9-17-22(16)30-25-23(17)27-3)28-12-6-13-31-20-11-8-15(14-18(20)24)29-21(26)5-2/h8-11,14H,4-7,12-13H2,1-3H3. The van der Waals surface area contributed by atoms with Gasteiger partial charge in [0.1, 0.15) is 11.5 Å². The molecule has 0 fully saturated rings. The number of methoxy groups -OCH3 is 1. The van der Waals surface area contributed by atoms with Crippen molar-refractivity contribution in [3.63, 3.8) is 0 Å². The minimum absolute atomic E-state index is 0.280. The number of halogens is 1. The highest BCUT2D eigenvalue weighted by Crippen LogP contribution is 2.35. The topological polar surface area (TPSA) is 70.8 Å². The molecule has 0 atom stereocenters. The van der Waals surface area contributed by atoms with Crippen LogP contribution in [0.5, 0.6) is 17.4 Å². The first-order chi connectivity index (χ1) is 15.1. The zero-order chi connectivity index (χ0) is 22.2. The number of aromatic nitrogens is 1. The average Bonchev–Trinajstić information content (AvgIpc) is 3.19. The molecule has 0 aliphatic carbocycles. The maximum Gasteiger partial charge on any atom is 0.310 e. The molecule has 3 rings (SSSR count). The molecule has 0 amide bonds. The Kier molecular flexibility index (Phi) is 8.49. The van der Waals surface area contributed by atoms with E-state index >= 15 is 0 Å². The fourth-order valence-electron chi connectivity index (χ4n) is 3.08. The molecule has 0 bridgehead atoms. The van der Waals surface area contributed by atoms with Crippen LogP contribution in [0.2, 0.25) is 5.02 Å². The summed E-state index contributed by atoms with van der Waals surface area (Å²) in [6.45, 7) is 4.44. The van der Waals surface area contributed by atoms with Crippen molar-refractivity contribution >= 4 is 40.3 Å². The van der Waals surface area contributed by atoms with Gasteiger partial charge in [-0.3, -0.25) is 4.79 Å². The SMILES string of the molecule is CCCc1c(OCCCSc2ccc(OC(=O)CC)cc2Cl)ccc2c(OC)noc12. The lowest BCUT2D eigenvalue weighted by Gasteiger charge is -2.11. The first-order valence-corrected chi connectivity index (χ1v) is 11.6. The maximum absolute atomic E-state index is 11.4. The van der Waals surface area contributed by atoms with Crippen LogP contribution in [0.1, 0.15) is 38.7 Å². The molecule has 0 radical (unpaired) electrons. The van der Waals surface area contributed by atoms with Crippen LogP contribution in [0.25, 0.3) is 11.0 Å². The zero-order valence-electron chi connectivity index (χ0n) is 17.9. The summed E-state index contributed by atoms with van der Waals surface area (Å²) < 4.78 is 22.0. The third-order valence-corrected chi connectivity index (χ3v) is 6.17. The number of thioether (sulfide) groups is 1. The van der Waals surface area contributed by atoms with Crippen LogP contribution >= 0.6 is 23.4 Å². The Balaban J connectivity index is 1.54. The number of hydrogen-bond acceptors (Lipinski definition) is 7. The molecular weight excluding hydrogens is 438 g/mol. The molecule has 166 valence electrons. The van der Waals surface area contributed by atoms with E-state index in [2.05, 4.69) is 12.1 Å². The molecule has 31 heavy (non-hydrogen) atoms. The summed E-state index contributed by atoms with van der Waals surface area (Å²) in [5, 5.41) is 5.41. The summed E-state index contributed by atoms with van der Waals surface area (Å²) >= 11 is 7.96. The molecule has 0 aliphatic rings. The van der Waals surface area contributed by atoms with Crippen molar-refractivity contribution in [3.8, 4) is 17.4 Å². The second-order valence-corrected chi connectivity index (χ2v) is 8.38. The number of rotatable bonds is 11. The predicted octanol–water partition coefficient (Wildman–Crippen LogP) is 6.32. The molecule has 0 spiro atoms. The number of fused-ring (bicyclic) bond motifs is 1. The van der Waals surface area contributed by atoms with E-state index < -0.39 is 0 Å². The summed E-state index contributed by atoms with van der Waals surface area (Å²) in [6, 6.07) is 9.17. The van der Waals surface area contributed by atoms with Crippen LogP contribution in [-0.4, -0.2) is 30.6 Å². The second kappa shape index (κ2) is 11.3. The predicted molar refractivity (Wildman–Crippen MR) is 123 cm³/mol. The van der Waals surface area contributed by atoms with Gasteiger partial charge in [-0.2, -0.15) is 0 Å². The summed E-state index contributed by atoms with van der Waals surface area (Å²) in [5.41, 5.74) is 1.74. The van der Waals surface area contributed by atoms with Crippen LogP contribution in [0.4, 0.5) is 0 Å². The third kappa shape index (κ3) is 5.86. The number of aryl methyl sites for hydroxylation is 1. The number of nitrogens with zero attached hydrogens (tertiary/aromatic N) is 1. The molecule has 6 nitrogen and oxygen atoms in total. The highest BCUT2D eigenvalue weighted by Gasteiger charge is 2.16. The molecule has 1 aromatic heterocycles. The first-order valence-electron chi connectivity index (χ1n) is 10.3. The Morgan fingerprint density at radius 3 is 2.77 bits per heavy atom. The fraction of sp³-hybridized carbons (Fsp3) is 0.391. The van der Waals surface area contributed by atoms with Gasteiger partial charge in [-0.25, -0.2) is 0 Å². The van der Waals surface area contributed by atoms with Gasteiger partial charge >= 0.3 is 5.97 Å². The van der Waals surface area contributed by atoms with Gasteiger partial charge in [0.15, 0.2) is 5.58 Å². The van der Waals surface area contributed by atoms with Crippen LogP contribution in [0.3, 0.4) is 0 Å². The Hall–Kier alpha value is -2.38. The molecule has 3 aromatic rings.